The lowest BCUT2D eigenvalue weighted by Crippen LogP contribution is -2.30. The molecule has 8 nitrogen and oxygen atoms in total. The van der Waals surface area contributed by atoms with Crippen LogP contribution < -0.4 is 10.1 Å². The maximum Gasteiger partial charge on any atom is 0.265 e. The molecule has 24 heavy (non-hydrogen) atoms. The summed E-state index contributed by atoms with van der Waals surface area (Å²) in [4.78, 5) is 16.4. The molecule has 0 saturated heterocycles. The highest BCUT2D eigenvalue weighted by molar-refractivity contribution is 5.94. The number of aromatic nitrogens is 4. The van der Waals surface area contributed by atoms with E-state index in [9.17, 15) is 9.90 Å². The van der Waals surface area contributed by atoms with Crippen LogP contribution in [0.25, 0.3) is 5.82 Å². The summed E-state index contributed by atoms with van der Waals surface area (Å²) in [7, 11) is 0. The van der Waals surface area contributed by atoms with E-state index in [0.717, 1.165) is 0 Å². The van der Waals surface area contributed by atoms with Crippen molar-refractivity contribution in [2.75, 3.05) is 5.32 Å². The summed E-state index contributed by atoms with van der Waals surface area (Å²) in [6.07, 6.45) is 3.91. The van der Waals surface area contributed by atoms with Gasteiger partial charge in [-0.3, -0.25) is 9.36 Å². The fourth-order valence-electron chi connectivity index (χ4n) is 1.96. The molecule has 0 bridgehead atoms. The molecule has 2 heterocycles. The average Bonchev–Trinajstić information content (AvgIpc) is 3.12. The first-order chi connectivity index (χ1) is 11.6. The summed E-state index contributed by atoms with van der Waals surface area (Å²) in [5.41, 5.74) is 0.554. The number of phenolic OH excluding ortho intramolecular Hbond substituents is 1. The van der Waals surface area contributed by atoms with Crippen LogP contribution in [-0.4, -0.2) is 36.9 Å². The summed E-state index contributed by atoms with van der Waals surface area (Å²) in [5.74, 6) is 0.976. The van der Waals surface area contributed by atoms with Crippen molar-refractivity contribution in [3.05, 3.63) is 55.2 Å². The fourth-order valence-corrected chi connectivity index (χ4v) is 1.96. The number of phenols is 1. The second-order valence-corrected chi connectivity index (χ2v) is 5.02. The van der Waals surface area contributed by atoms with Gasteiger partial charge in [-0.05, 0) is 43.3 Å². The average molecular weight is 325 g/mol. The Morgan fingerprint density at radius 1 is 1.17 bits per heavy atom. The highest BCUT2D eigenvalue weighted by Crippen LogP contribution is 2.18. The Hall–Kier alpha value is -3.42. The number of amides is 1. The molecule has 8 heteroatoms. The van der Waals surface area contributed by atoms with Gasteiger partial charge in [-0.25, -0.2) is 4.98 Å². The lowest BCUT2D eigenvalue weighted by atomic mass is 10.3. The quantitative estimate of drug-likeness (QED) is 0.741. The highest BCUT2D eigenvalue weighted by Gasteiger charge is 2.15. The van der Waals surface area contributed by atoms with Crippen molar-refractivity contribution in [3.8, 4) is 17.3 Å². The Morgan fingerprint density at radius 3 is 2.50 bits per heavy atom. The van der Waals surface area contributed by atoms with Gasteiger partial charge in [0.25, 0.3) is 5.91 Å². The number of pyridine rings is 1. The number of anilines is 1. The van der Waals surface area contributed by atoms with Crippen molar-refractivity contribution in [2.24, 2.45) is 0 Å². The van der Waals surface area contributed by atoms with Gasteiger partial charge >= 0.3 is 0 Å². The molecule has 2 N–H and O–H groups in total. The standard InChI is InChI=1S/C16H15N5O3/c1-11(24-14-5-3-13(22)4-6-14)16(23)20-12-2-7-15(17-8-12)21-9-18-19-10-21/h2-11,22H,1H3,(H,20,23). The maximum atomic E-state index is 12.2. The largest absolute Gasteiger partial charge is 0.508 e. The van der Waals surface area contributed by atoms with Crippen molar-refractivity contribution >= 4 is 11.6 Å². The number of nitrogens with zero attached hydrogens (tertiary/aromatic N) is 4. The van der Waals surface area contributed by atoms with Gasteiger partial charge in [0.1, 0.15) is 30.0 Å². The topological polar surface area (TPSA) is 102 Å². The zero-order valence-electron chi connectivity index (χ0n) is 12.8. The monoisotopic (exact) mass is 325 g/mol. The zero-order valence-corrected chi connectivity index (χ0v) is 12.8. The Labute approximate surface area is 137 Å². The van der Waals surface area contributed by atoms with E-state index in [-0.39, 0.29) is 11.7 Å². The van der Waals surface area contributed by atoms with Crippen LogP contribution in [-0.2, 0) is 4.79 Å². The molecule has 0 aliphatic carbocycles. The van der Waals surface area contributed by atoms with Crippen LogP contribution in [0.2, 0.25) is 0 Å². The van der Waals surface area contributed by atoms with Gasteiger partial charge in [0.2, 0.25) is 0 Å². The molecule has 3 rings (SSSR count). The van der Waals surface area contributed by atoms with Gasteiger partial charge in [-0.1, -0.05) is 0 Å². The van der Waals surface area contributed by atoms with Crippen LogP contribution in [0.3, 0.4) is 0 Å². The van der Waals surface area contributed by atoms with Crippen LogP contribution in [0.4, 0.5) is 5.69 Å². The number of carbonyl (C=O) groups is 1. The van der Waals surface area contributed by atoms with E-state index in [0.29, 0.717) is 17.3 Å². The van der Waals surface area contributed by atoms with E-state index in [2.05, 4.69) is 20.5 Å². The number of rotatable bonds is 5. The van der Waals surface area contributed by atoms with Gasteiger partial charge in [-0.2, -0.15) is 0 Å². The summed E-state index contributed by atoms with van der Waals surface area (Å²) < 4.78 is 7.18. The summed E-state index contributed by atoms with van der Waals surface area (Å²) >= 11 is 0. The molecule has 2 aromatic heterocycles. The van der Waals surface area contributed by atoms with E-state index in [1.807, 2.05) is 0 Å². The van der Waals surface area contributed by atoms with Gasteiger partial charge in [0, 0.05) is 0 Å². The molecule has 0 fully saturated rings. The molecule has 0 aliphatic rings. The SMILES string of the molecule is CC(Oc1ccc(O)cc1)C(=O)Nc1ccc(-n2cnnc2)nc1. The smallest absolute Gasteiger partial charge is 0.265 e. The van der Waals surface area contributed by atoms with Crippen molar-refractivity contribution < 1.29 is 14.6 Å². The normalized spacial score (nSPS) is 11.7. The number of hydrogen-bond donors (Lipinski definition) is 2. The molecule has 1 atom stereocenters. The minimum atomic E-state index is -0.702. The molecule has 1 amide bonds. The molecule has 3 aromatic rings. The van der Waals surface area contributed by atoms with Crippen LogP contribution in [0.5, 0.6) is 11.5 Å². The molecule has 0 aliphatic heterocycles. The number of hydrogen-bond acceptors (Lipinski definition) is 6. The minimum Gasteiger partial charge on any atom is -0.508 e. The second-order valence-electron chi connectivity index (χ2n) is 5.02. The number of nitrogens with one attached hydrogen (secondary N) is 1. The third-order valence-electron chi connectivity index (χ3n) is 3.22. The van der Waals surface area contributed by atoms with Crippen molar-refractivity contribution in [3.63, 3.8) is 0 Å². The summed E-state index contributed by atoms with van der Waals surface area (Å²) in [6, 6.07) is 9.64. The molecular weight excluding hydrogens is 310 g/mol. The zero-order chi connectivity index (χ0) is 16.9. The number of carbonyl (C=O) groups excluding carboxylic acids is 1. The third-order valence-corrected chi connectivity index (χ3v) is 3.22. The first kappa shape index (κ1) is 15.5. The lowest BCUT2D eigenvalue weighted by Gasteiger charge is -2.14. The first-order valence-electron chi connectivity index (χ1n) is 7.19. The maximum absolute atomic E-state index is 12.2. The summed E-state index contributed by atoms with van der Waals surface area (Å²) in [6.45, 7) is 1.64. The predicted molar refractivity (Wildman–Crippen MR) is 86.0 cm³/mol. The van der Waals surface area contributed by atoms with Crippen LogP contribution in [0.1, 0.15) is 6.92 Å². The van der Waals surface area contributed by atoms with Gasteiger partial charge in [-0.15, -0.1) is 10.2 Å². The fraction of sp³-hybridized carbons (Fsp3) is 0.125. The van der Waals surface area contributed by atoms with Crippen molar-refractivity contribution in [2.45, 2.75) is 13.0 Å². The van der Waals surface area contributed by atoms with Crippen molar-refractivity contribution in [1.82, 2.24) is 19.7 Å². The van der Waals surface area contributed by atoms with Crippen LogP contribution in [0, 0.1) is 0 Å². The molecule has 1 unspecified atom stereocenters. The van der Waals surface area contributed by atoms with E-state index < -0.39 is 6.10 Å². The third kappa shape index (κ3) is 3.67. The van der Waals surface area contributed by atoms with Crippen molar-refractivity contribution in [1.29, 1.82) is 0 Å². The van der Waals surface area contributed by atoms with Crippen LogP contribution in [0.15, 0.2) is 55.2 Å². The Kier molecular flexibility index (Phi) is 4.37. The van der Waals surface area contributed by atoms with Gasteiger partial charge < -0.3 is 15.2 Å². The molecule has 122 valence electrons. The van der Waals surface area contributed by atoms with Gasteiger partial charge in [0.15, 0.2) is 6.10 Å². The number of ether oxygens (including phenoxy) is 1. The Bertz CT molecular complexity index is 801. The Morgan fingerprint density at radius 2 is 1.88 bits per heavy atom. The molecule has 0 saturated carbocycles. The first-order valence-corrected chi connectivity index (χ1v) is 7.19. The van der Waals surface area contributed by atoms with Gasteiger partial charge in [0.05, 0.1) is 11.9 Å². The van der Waals surface area contributed by atoms with E-state index in [1.165, 1.54) is 24.8 Å². The van der Waals surface area contributed by atoms with E-state index in [1.54, 1.807) is 42.0 Å². The lowest BCUT2D eigenvalue weighted by molar-refractivity contribution is -0.122. The molecule has 0 radical (unpaired) electrons. The predicted octanol–water partition coefficient (Wildman–Crippen LogP) is 1.77. The summed E-state index contributed by atoms with van der Waals surface area (Å²) in [5, 5.41) is 19.4. The second kappa shape index (κ2) is 6.78. The molecule has 0 spiro atoms. The Balaban J connectivity index is 1.60. The van der Waals surface area contributed by atoms with E-state index in [4.69, 9.17) is 4.74 Å². The number of benzene rings is 1. The van der Waals surface area contributed by atoms with Crippen LogP contribution >= 0.6 is 0 Å². The number of aromatic hydroxyl groups is 1. The molecular formula is C16H15N5O3. The van der Waals surface area contributed by atoms with E-state index >= 15 is 0 Å². The molecule has 1 aromatic carbocycles. The highest BCUT2D eigenvalue weighted by atomic mass is 16.5. The minimum absolute atomic E-state index is 0.138.